The molecule has 0 bridgehead atoms. The molecule has 2 aromatic heterocycles. The Bertz CT molecular complexity index is 1020. The van der Waals surface area contributed by atoms with Gasteiger partial charge in [0.15, 0.2) is 5.82 Å². The van der Waals surface area contributed by atoms with Gasteiger partial charge >= 0.3 is 0 Å². The highest BCUT2D eigenvalue weighted by molar-refractivity contribution is 7.89. The number of hydrogen-bond acceptors (Lipinski definition) is 6. The topological polar surface area (TPSA) is 76.3 Å². The lowest BCUT2D eigenvalue weighted by Gasteiger charge is -2.36. The fourth-order valence-corrected chi connectivity index (χ4v) is 5.53. The first-order chi connectivity index (χ1) is 12.4. The Kier molecular flexibility index (Phi) is 4.42. The van der Waals surface area contributed by atoms with E-state index in [4.69, 9.17) is 4.52 Å². The SMILES string of the molecule is Cc1ccc(C)c(S(=O)(=O)N2CC(c3nc(Cc4cccs4)no3)C2)c1. The van der Waals surface area contributed by atoms with Gasteiger partial charge in [0.05, 0.1) is 10.8 Å². The zero-order valence-electron chi connectivity index (χ0n) is 14.5. The summed E-state index contributed by atoms with van der Waals surface area (Å²) in [6.07, 6.45) is 0.637. The Balaban J connectivity index is 1.45. The molecule has 0 amide bonds. The van der Waals surface area contributed by atoms with E-state index in [1.807, 2.05) is 43.5 Å². The quantitative estimate of drug-likeness (QED) is 0.670. The van der Waals surface area contributed by atoms with Crippen molar-refractivity contribution in [3.8, 4) is 0 Å². The van der Waals surface area contributed by atoms with E-state index in [1.165, 1.54) is 9.18 Å². The van der Waals surface area contributed by atoms with Crippen LogP contribution in [0.3, 0.4) is 0 Å². The molecule has 1 aromatic carbocycles. The third-order valence-corrected chi connectivity index (χ3v) is 7.41. The van der Waals surface area contributed by atoms with Crippen LogP contribution < -0.4 is 0 Å². The molecule has 0 spiro atoms. The molecule has 1 aliphatic heterocycles. The molecule has 0 unspecified atom stereocenters. The molecule has 136 valence electrons. The van der Waals surface area contributed by atoms with Gasteiger partial charge in [0.2, 0.25) is 15.9 Å². The Morgan fingerprint density at radius 2 is 2.08 bits per heavy atom. The maximum atomic E-state index is 12.8. The fourth-order valence-electron chi connectivity index (χ4n) is 2.99. The highest BCUT2D eigenvalue weighted by atomic mass is 32.2. The number of sulfonamides is 1. The summed E-state index contributed by atoms with van der Waals surface area (Å²) in [6.45, 7) is 4.45. The van der Waals surface area contributed by atoms with Crippen molar-refractivity contribution in [1.29, 1.82) is 0 Å². The number of nitrogens with zero attached hydrogens (tertiary/aromatic N) is 3. The molecule has 0 N–H and O–H groups in total. The van der Waals surface area contributed by atoms with Crippen LogP contribution in [0.5, 0.6) is 0 Å². The summed E-state index contributed by atoms with van der Waals surface area (Å²) < 4.78 is 32.5. The molecule has 3 heterocycles. The summed E-state index contributed by atoms with van der Waals surface area (Å²) in [6, 6.07) is 9.50. The first kappa shape index (κ1) is 17.4. The van der Waals surface area contributed by atoms with Crippen LogP contribution in [0.1, 0.15) is 33.6 Å². The van der Waals surface area contributed by atoms with Gasteiger partial charge in [-0.25, -0.2) is 8.42 Å². The van der Waals surface area contributed by atoms with Crippen LogP contribution >= 0.6 is 11.3 Å². The van der Waals surface area contributed by atoms with Gasteiger partial charge in [-0.1, -0.05) is 23.4 Å². The number of thiophene rings is 1. The lowest BCUT2D eigenvalue weighted by molar-refractivity contribution is 0.216. The summed E-state index contributed by atoms with van der Waals surface area (Å²) in [5, 5.41) is 6.03. The average molecular weight is 390 g/mol. The molecule has 3 aromatic rings. The third-order valence-electron chi connectivity index (χ3n) is 4.56. The number of hydrogen-bond donors (Lipinski definition) is 0. The van der Waals surface area contributed by atoms with Crippen LogP contribution in [-0.4, -0.2) is 36.0 Å². The van der Waals surface area contributed by atoms with Gasteiger partial charge < -0.3 is 4.52 Å². The minimum absolute atomic E-state index is 0.0422. The molecular weight excluding hydrogens is 370 g/mol. The highest BCUT2D eigenvalue weighted by Gasteiger charge is 2.40. The van der Waals surface area contributed by atoms with E-state index in [0.29, 0.717) is 36.1 Å². The number of aryl methyl sites for hydroxylation is 2. The van der Waals surface area contributed by atoms with Crippen molar-refractivity contribution in [1.82, 2.24) is 14.4 Å². The zero-order chi connectivity index (χ0) is 18.3. The van der Waals surface area contributed by atoms with Gasteiger partial charge in [-0.05, 0) is 42.5 Å². The fraction of sp³-hybridized carbons (Fsp3) is 0.333. The normalized spacial score (nSPS) is 15.9. The van der Waals surface area contributed by atoms with E-state index in [1.54, 1.807) is 17.4 Å². The lowest BCUT2D eigenvalue weighted by Crippen LogP contribution is -2.48. The number of benzene rings is 1. The summed E-state index contributed by atoms with van der Waals surface area (Å²) in [4.78, 5) is 5.98. The summed E-state index contributed by atoms with van der Waals surface area (Å²) >= 11 is 1.65. The van der Waals surface area contributed by atoms with Crippen LogP contribution in [0.25, 0.3) is 0 Å². The van der Waals surface area contributed by atoms with Crippen LogP contribution in [-0.2, 0) is 16.4 Å². The van der Waals surface area contributed by atoms with Gasteiger partial charge in [0, 0.05) is 24.4 Å². The van der Waals surface area contributed by atoms with Crippen molar-refractivity contribution in [2.45, 2.75) is 31.1 Å². The van der Waals surface area contributed by atoms with Crippen molar-refractivity contribution in [2.24, 2.45) is 0 Å². The predicted octanol–water partition coefficient (Wildman–Crippen LogP) is 3.13. The van der Waals surface area contributed by atoms with E-state index in [2.05, 4.69) is 10.1 Å². The molecule has 1 saturated heterocycles. The van der Waals surface area contributed by atoms with E-state index in [9.17, 15) is 8.42 Å². The van der Waals surface area contributed by atoms with Crippen LogP contribution in [0.4, 0.5) is 0 Å². The number of rotatable bonds is 5. The van der Waals surface area contributed by atoms with Crippen molar-refractivity contribution >= 4 is 21.4 Å². The van der Waals surface area contributed by atoms with Gasteiger partial charge in [-0.2, -0.15) is 9.29 Å². The molecule has 0 atom stereocenters. The first-order valence-electron chi connectivity index (χ1n) is 8.36. The van der Waals surface area contributed by atoms with Crippen molar-refractivity contribution in [3.63, 3.8) is 0 Å². The Hall–Kier alpha value is -2.03. The Morgan fingerprint density at radius 1 is 1.27 bits per heavy atom. The zero-order valence-corrected chi connectivity index (χ0v) is 16.2. The molecule has 6 nitrogen and oxygen atoms in total. The van der Waals surface area contributed by atoms with Crippen LogP contribution in [0, 0.1) is 13.8 Å². The first-order valence-corrected chi connectivity index (χ1v) is 10.7. The second kappa shape index (κ2) is 6.61. The Morgan fingerprint density at radius 3 is 2.81 bits per heavy atom. The minimum atomic E-state index is -3.49. The number of aromatic nitrogens is 2. The second-order valence-electron chi connectivity index (χ2n) is 6.59. The molecule has 0 saturated carbocycles. The van der Waals surface area contributed by atoms with Crippen LogP contribution in [0.2, 0.25) is 0 Å². The smallest absolute Gasteiger partial charge is 0.243 e. The van der Waals surface area contributed by atoms with E-state index in [-0.39, 0.29) is 5.92 Å². The van der Waals surface area contributed by atoms with Crippen molar-refractivity contribution < 1.29 is 12.9 Å². The third kappa shape index (κ3) is 3.20. The summed E-state index contributed by atoms with van der Waals surface area (Å²) in [7, 11) is -3.49. The minimum Gasteiger partial charge on any atom is -0.339 e. The Labute approximate surface area is 156 Å². The molecule has 0 aliphatic carbocycles. The molecule has 1 aliphatic rings. The maximum Gasteiger partial charge on any atom is 0.243 e. The average Bonchev–Trinajstić information content (AvgIpc) is 3.21. The lowest BCUT2D eigenvalue weighted by atomic mass is 10.0. The van der Waals surface area contributed by atoms with Crippen molar-refractivity contribution in [2.75, 3.05) is 13.1 Å². The molecule has 0 radical (unpaired) electrons. The van der Waals surface area contributed by atoms with Gasteiger partial charge in [0.1, 0.15) is 0 Å². The molecular formula is C18H19N3O3S2. The second-order valence-corrected chi connectivity index (χ2v) is 9.53. The standard InChI is InChI=1S/C18H19N3O3S2/c1-12-5-6-13(2)16(8-12)26(22,23)21-10-14(11-21)18-19-17(20-24-18)9-15-4-3-7-25-15/h3-8,14H,9-11H2,1-2H3. The van der Waals surface area contributed by atoms with E-state index in [0.717, 1.165) is 11.1 Å². The molecule has 1 fully saturated rings. The van der Waals surface area contributed by atoms with E-state index < -0.39 is 10.0 Å². The van der Waals surface area contributed by atoms with Gasteiger partial charge in [0.25, 0.3) is 0 Å². The summed E-state index contributed by atoms with van der Waals surface area (Å²) in [5.74, 6) is 1.11. The van der Waals surface area contributed by atoms with E-state index >= 15 is 0 Å². The largest absolute Gasteiger partial charge is 0.339 e. The van der Waals surface area contributed by atoms with Gasteiger partial charge in [-0.3, -0.25) is 0 Å². The molecule has 8 heteroatoms. The monoisotopic (exact) mass is 389 g/mol. The van der Waals surface area contributed by atoms with Crippen molar-refractivity contribution in [3.05, 3.63) is 63.4 Å². The van der Waals surface area contributed by atoms with Gasteiger partial charge in [-0.15, -0.1) is 11.3 Å². The van der Waals surface area contributed by atoms with Crippen LogP contribution in [0.15, 0.2) is 45.1 Å². The highest BCUT2D eigenvalue weighted by Crippen LogP contribution is 2.32. The molecule has 4 rings (SSSR count). The predicted molar refractivity (Wildman–Crippen MR) is 98.8 cm³/mol. The maximum absolute atomic E-state index is 12.8. The summed E-state index contributed by atoms with van der Waals surface area (Å²) in [5.41, 5.74) is 1.69. The molecule has 26 heavy (non-hydrogen) atoms.